The van der Waals surface area contributed by atoms with E-state index in [1.807, 2.05) is 19.1 Å². The largest absolute Gasteiger partial charge is 0.416 e. The van der Waals surface area contributed by atoms with Crippen LogP contribution in [0, 0.1) is 6.92 Å². The van der Waals surface area contributed by atoms with Crippen LogP contribution in [0.15, 0.2) is 47.2 Å². The molecule has 1 saturated heterocycles. The van der Waals surface area contributed by atoms with Crippen LogP contribution in [-0.2, 0) is 6.18 Å². The highest BCUT2D eigenvalue weighted by atomic mass is 19.4. The Balaban J connectivity index is 1.40. The third kappa shape index (κ3) is 3.60. The van der Waals surface area contributed by atoms with Gasteiger partial charge in [0.25, 0.3) is 5.91 Å². The van der Waals surface area contributed by atoms with Gasteiger partial charge >= 0.3 is 6.18 Å². The number of alkyl halides is 3. The Morgan fingerprint density at radius 2 is 2.06 bits per heavy atom. The molecule has 4 heterocycles. The first-order chi connectivity index (χ1) is 15.3. The van der Waals surface area contributed by atoms with Crippen LogP contribution in [0.3, 0.4) is 0 Å². The van der Waals surface area contributed by atoms with Crippen molar-refractivity contribution in [2.75, 3.05) is 18.4 Å². The van der Waals surface area contributed by atoms with Crippen LogP contribution in [0.1, 0.15) is 33.4 Å². The third-order valence-corrected chi connectivity index (χ3v) is 5.39. The minimum Gasteiger partial charge on any atom is -0.339 e. The number of aryl methyl sites for hydroxylation is 1. The number of nitrogens with zero attached hydrogens (tertiary/aromatic N) is 4. The molecule has 1 aromatic carbocycles. The van der Waals surface area contributed by atoms with E-state index in [0.717, 1.165) is 30.8 Å². The van der Waals surface area contributed by atoms with Gasteiger partial charge in [-0.05, 0) is 30.7 Å². The highest BCUT2D eigenvalue weighted by Gasteiger charge is 2.31. The number of carbonyl (C=O) groups is 1. The van der Waals surface area contributed by atoms with E-state index in [0.29, 0.717) is 23.0 Å². The van der Waals surface area contributed by atoms with Crippen molar-refractivity contribution in [1.29, 1.82) is 0 Å². The lowest BCUT2D eigenvalue weighted by atomic mass is 10.0. The Hall–Kier alpha value is -3.73. The van der Waals surface area contributed by atoms with Gasteiger partial charge in [-0.2, -0.15) is 18.2 Å². The molecule has 8 nitrogen and oxygen atoms in total. The van der Waals surface area contributed by atoms with E-state index < -0.39 is 17.6 Å². The lowest BCUT2D eigenvalue weighted by Crippen LogP contribution is -2.40. The van der Waals surface area contributed by atoms with Gasteiger partial charge in [0.2, 0.25) is 11.7 Å². The molecule has 1 amide bonds. The van der Waals surface area contributed by atoms with Crippen LogP contribution in [0.2, 0.25) is 0 Å². The molecule has 11 heteroatoms. The van der Waals surface area contributed by atoms with Crippen LogP contribution in [0.25, 0.3) is 17.0 Å². The number of carbonyl (C=O) groups excluding carboxylic acids is 1. The zero-order valence-electron chi connectivity index (χ0n) is 16.8. The first-order valence-corrected chi connectivity index (χ1v) is 9.80. The van der Waals surface area contributed by atoms with Crippen molar-refractivity contribution < 1.29 is 22.5 Å². The van der Waals surface area contributed by atoms with Crippen molar-refractivity contribution in [2.45, 2.75) is 19.0 Å². The molecule has 0 bridgehead atoms. The Bertz CT molecular complexity index is 1320. The van der Waals surface area contributed by atoms with Crippen molar-refractivity contribution in [2.24, 2.45) is 0 Å². The summed E-state index contributed by atoms with van der Waals surface area (Å²) in [4.78, 5) is 21.2. The Kier molecular flexibility index (Phi) is 4.70. The first-order valence-electron chi connectivity index (χ1n) is 9.80. The van der Waals surface area contributed by atoms with Crippen LogP contribution < -0.4 is 10.6 Å². The van der Waals surface area contributed by atoms with Crippen molar-refractivity contribution in [3.63, 3.8) is 0 Å². The minimum atomic E-state index is -4.49. The fourth-order valence-electron chi connectivity index (χ4n) is 3.39. The summed E-state index contributed by atoms with van der Waals surface area (Å²) >= 11 is 0. The second-order valence-corrected chi connectivity index (χ2v) is 7.58. The van der Waals surface area contributed by atoms with Crippen LogP contribution in [-0.4, -0.2) is 38.5 Å². The number of benzene rings is 1. The Labute approximate surface area is 179 Å². The fraction of sp³-hybridized carbons (Fsp3) is 0.238. The number of aromatic nitrogens is 4. The van der Waals surface area contributed by atoms with Crippen LogP contribution >= 0.6 is 0 Å². The van der Waals surface area contributed by atoms with Gasteiger partial charge in [0, 0.05) is 30.5 Å². The summed E-state index contributed by atoms with van der Waals surface area (Å²) in [6, 6.07) is 7.17. The molecule has 4 aromatic rings. The quantitative estimate of drug-likeness (QED) is 0.501. The van der Waals surface area contributed by atoms with Crippen molar-refractivity contribution in [3.05, 3.63) is 65.4 Å². The van der Waals surface area contributed by atoms with Gasteiger partial charge in [0.15, 0.2) is 0 Å². The molecule has 1 fully saturated rings. The maximum absolute atomic E-state index is 12.9. The predicted octanol–water partition coefficient (Wildman–Crippen LogP) is 3.65. The number of nitrogens with one attached hydrogen (secondary N) is 2. The highest BCUT2D eigenvalue weighted by molar-refractivity contribution is 6.04. The molecule has 0 unspecified atom stereocenters. The molecule has 1 aliphatic heterocycles. The van der Waals surface area contributed by atoms with Gasteiger partial charge in [-0.3, -0.25) is 9.20 Å². The molecule has 0 atom stereocenters. The third-order valence-electron chi connectivity index (χ3n) is 5.39. The van der Waals surface area contributed by atoms with E-state index >= 15 is 0 Å². The van der Waals surface area contributed by atoms with Gasteiger partial charge in [0.05, 0.1) is 17.7 Å². The molecule has 0 aliphatic carbocycles. The average molecular weight is 442 g/mol. The topological polar surface area (TPSA) is 97.4 Å². The first kappa shape index (κ1) is 20.2. The maximum atomic E-state index is 12.9. The second kappa shape index (κ2) is 7.45. The van der Waals surface area contributed by atoms with Gasteiger partial charge in [0.1, 0.15) is 11.3 Å². The molecule has 0 saturated carbocycles. The van der Waals surface area contributed by atoms with Crippen molar-refractivity contribution in [3.8, 4) is 11.4 Å². The van der Waals surface area contributed by atoms with Gasteiger partial charge in [-0.15, -0.1) is 0 Å². The lowest BCUT2D eigenvalue weighted by Gasteiger charge is -2.22. The summed E-state index contributed by atoms with van der Waals surface area (Å²) in [5.74, 6) is 0.673. The summed E-state index contributed by atoms with van der Waals surface area (Å²) in [5.41, 5.74) is 1.29. The molecule has 2 N–H and O–H groups in total. The van der Waals surface area contributed by atoms with E-state index in [-0.39, 0.29) is 17.3 Å². The molecule has 0 radical (unpaired) electrons. The minimum absolute atomic E-state index is 0.0280. The Morgan fingerprint density at radius 1 is 1.25 bits per heavy atom. The number of imidazole rings is 1. The molecular weight excluding hydrogens is 425 g/mol. The maximum Gasteiger partial charge on any atom is 0.416 e. The number of pyridine rings is 1. The molecule has 0 spiro atoms. The number of fused-ring (bicyclic) bond motifs is 1. The fourth-order valence-corrected chi connectivity index (χ4v) is 3.39. The van der Waals surface area contributed by atoms with Gasteiger partial charge < -0.3 is 15.2 Å². The lowest BCUT2D eigenvalue weighted by molar-refractivity contribution is -0.137. The summed E-state index contributed by atoms with van der Waals surface area (Å²) in [6.07, 6.45) is -2.07. The number of hydrogen-bond donors (Lipinski definition) is 2. The molecular formula is C21H17F3N6O2. The number of hydrogen-bond acceptors (Lipinski definition) is 6. The molecule has 3 aromatic heterocycles. The zero-order chi connectivity index (χ0) is 22.5. The van der Waals surface area contributed by atoms with E-state index in [2.05, 4.69) is 25.8 Å². The van der Waals surface area contributed by atoms with Crippen molar-refractivity contribution in [1.82, 2.24) is 24.8 Å². The zero-order valence-corrected chi connectivity index (χ0v) is 16.8. The molecule has 32 heavy (non-hydrogen) atoms. The van der Waals surface area contributed by atoms with E-state index in [9.17, 15) is 18.0 Å². The number of rotatable bonds is 4. The number of anilines is 1. The van der Waals surface area contributed by atoms with Gasteiger partial charge in [-0.1, -0.05) is 17.3 Å². The summed E-state index contributed by atoms with van der Waals surface area (Å²) in [6.45, 7) is 3.41. The normalized spacial score (nSPS) is 14.5. The second-order valence-electron chi connectivity index (χ2n) is 7.58. The number of amides is 1. The van der Waals surface area contributed by atoms with Crippen molar-refractivity contribution >= 4 is 17.2 Å². The van der Waals surface area contributed by atoms with Crippen LogP contribution in [0.5, 0.6) is 0 Å². The van der Waals surface area contributed by atoms with E-state index in [1.165, 1.54) is 16.8 Å². The molecule has 1 aliphatic rings. The molecule has 5 rings (SSSR count). The predicted molar refractivity (Wildman–Crippen MR) is 108 cm³/mol. The highest BCUT2D eigenvalue weighted by Crippen LogP contribution is 2.30. The summed E-state index contributed by atoms with van der Waals surface area (Å²) in [5, 5.41) is 9.96. The van der Waals surface area contributed by atoms with Crippen LogP contribution in [0.4, 0.5) is 18.9 Å². The SMILES string of the molecule is Cc1ccc(-c2noc(C3CNC3)n2)cc1NC(=O)c1cnc2cc(C(F)(F)F)ccn12. The summed E-state index contributed by atoms with van der Waals surface area (Å²) < 4.78 is 45.4. The Morgan fingerprint density at radius 3 is 2.78 bits per heavy atom. The average Bonchev–Trinajstić information content (AvgIpc) is 3.34. The van der Waals surface area contributed by atoms with E-state index in [4.69, 9.17) is 4.52 Å². The standard InChI is InChI=1S/C21H17F3N6O2/c1-11-2-3-12(18-28-20(32-29-18)13-8-25-9-13)6-15(11)27-19(31)16-10-26-17-7-14(21(22,23)24)4-5-30(16)17/h2-7,10,13,25H,8-9H2,1H3,(H,27,31). The summed E-state index contributed by atoms with van der Waals surface area (Å²) in [7, 11) is 0. The molecule has 164 valence electrons. The smallest absolute Gasteiger partial charge is 0.339 e. The van der Waals surface area contributed by atoms with Gasteiger partial charge in [-0.25, -0.2) is 4.98 Å². The monoisotopic (exact) mass is 442 g/mol. The number of halogens is 3. The van der Waals surface area contributed by atoms with E-state index in [1.54, 1.807) is 6.07 Å².